The van der Waals surface area contributed by atoms with Crippen LogP contribution in [0.4, 0.5) is 10.5 Å². The van der Waals surface area contributed by atoms with Gasteiger partial charge in [-0.2, -0.15) is 0 Å². The topological polar surface area (TPSA) is 96.2 Å². The van der Waals surface area contributed by atoms with E-state index in [0.717, 1.165) is 25.7 Å². The quantitative estimate of drug-likeness (QED) is 0.666. The highest BCUT2D eigenvalue weighted by Gasteiger charge is 2.40. The van der Waals surface area contributed by atoms with E-state index >= 15 is 0 Å². The highest BCUT2D eigenvalue weighted by atomic mass is 16.2. The highest BCUT2D eigenvalue weighted by molar-refractivity contribution is 6.03. The van der Waals surface area contributed by atoms with E-state index in [4.69, 9.17) is 5.73 Å². The van der Waals surface area contributed by atoms with Gasteiger partial charge in [-0.1, -0.05) is 18.6 Å². The predicted octanol–water partition coefficient (Wildman–Crippen LogP) is 2.85. The first-order valence-electron chi connectivity index (χ1n) is 9.67. The molecule has 142 valence electrons. The molecule has 0 saturated heterocycles. The maximum absolute atomic E-state index is 12.9. The molecule has 0 heterocycles. The Morgan fingerprint density at radius 3 is 2.42 bits per heavy atom. The van der Waals surface area contributed by atoms with E-state index in [1.54, 1.807) is 12.1 Å². The number of anilines is 1. The van der Waals surface area contributed by atoms with Crippen LogP contribution in [0.15, 0.2) is 24.3 Å². The van der Waals surface area contributed by atoms with Crippen molar-refractivity contribution in [1.29, 1.82) is 0 Å². The lowest BCUT2D eigenvalue weighted by Crippen LogP contribution is -2.53. The van der Waals surface area contributed by atoms with Crippen molar-refractivity contribution < 1.29 is 9.59 Å². The summed E-state index contributed by atoms with van der Waals surface area (Å²) in [6.07, 6.45) is 5.45. The van der Waals surface area contributed by atoms with Crippen molar-refractivity contribution in [3.63, 3.8) is 0 Å². The van der Waals surface area contributed by atoms with E-state index in [0.29, 0.717) is 23.1 Å². The number of carbonyl (C=O) groups is 2. The van der Waals surface area contributed by atoms with Crippen molar-refractivity contribution in [3.05, 3.63) is 29.8 Å². The molecule has 2 aliphatic rings. The maximum Gasteiger partial charge on any atom is 0.319 e. The third kappa shape index (κ3) is 4.36. The van der Waals surface area contributed by atoms with Crippen molar-refractivity contribution >= 4 is 17.6 Å². The summed E-state index contributed by atoms with van der Waals surface area (Å²) in [5, 5.41) is 8.81. The van der Waals surface area contributed by atoms with E-state index in [2.05, 4.69) is 16.0 Å². The summed E-state index contributed by atoms with van der Waals surface area (Å²) < 4.78 is 0. The molecule has 2 aliphatic carbocycles. The third-order valence-corrected chi connectivity index (χ3v) is 5.51. The highest BCUT2D eigenvalue weighted by Crippen LogP contribution is 2.39. The first kappa shape index (κ1) is 18.7. The number of benzene rings is 1. The zero-order valence-electron chi connectivity index (χ0n) is 15.6. The van der Waals surface area contributed by atoms with E-state index in [1.807, 2.05) is 26.0 Å². The van der Waals surface area contributed by atoms with E-state index in [-0.39, 0.29) is 30.1 Å². The van der Waals surface area contributed by atoms with Crippen LogP contribution in [0.3, 0.4) is 0 Å². The standard InChI is InChI=1S/C20H30N4O2/c1-12(2)22-20(26)23-17-9-4-3-8-16(17)19(25)24-18-13-6-5-7-14(18)11-15(21)10-13/h3-4,8-9,12-15,18H,5-7,10-11,21H2,1-2H3,(H,24,25)(H2,22,23,26). The van der Waals surface area contributed by atoms with Crippen molar-refractivity contribution in [1.82, 2.24) is 10.6 Å². The van der Waals surface area contributed by atoms with Crippen molar-refractivity contribution in [2.75, 3.05) is 5.32 Å². The van der Waals surface area contributed by atoms with E-state index < -0.39 is 0 Å². The Hall–Kier alpha value is -2.08. The molecule has 2 saturated carbocycles. The Morgan fingerprint density at radius 1 is 1.12 bits per heavy atom. The number of hydrogen-bond acceptors (Lipinski definition) is 3. The summed E-state index contributed by atoms with van der Waals surface area (Å²) >= 11 is 0. The monoisotopic (exact) mass is 358 g/mol. The molecule has 6 heteroatoms. The van der Waals surface area contributed by atoms with Crippen LogP contribution in [0.1, 0.15) is 56.3 Å². The molecule has 1 aromatic carbocycles. The molecule has 1 aromatic rings. The summed E-state index contributed by atoms with van der Waals surface area (Å²) in [4.78, 5) is 25.0. The van der Waals surface area contributed by atoms with Gasteiger partial charge in [-0.3, -0.25) is 4.79 Å². The molecule has 3 rings (SSSR count). The number of nitrogens with one attached hydrogen (secondary N) is 3. The van der Waals surface area contributed by atoms with E-state index in [9.17, 15) is 9.59 Å². The van der Waals surface area contributed by atoms with Crippen LogP contribution in [-0.4, -0.2) is 30.1 Å². The van der Waals surface area contributed by atoms with Gasteiger partial charge in [0.1, 0.15) is 0 Å². The van der Waals surface area contributed by atoms with Gasteiger partial charge in [0.25, 0.3) is 5.91 Å². The van der Waals surface area contributed by atoms with Gasteiger partial charge in [0, 0.05) is 18.1 Å². The fourth-order valence-electron chi connectivity index (χ4n) is 4.46. The van der Waals surface area contributed by atoms with E-state index in [1.165, 1.54) is 6.42 Å². The predicted molar refractivity (Wildman–Crippen MR) is 103 cm³/mol. The average Bonchev–Trinajstić information content (AvgIpc) is 2.55. The second kappa shape index (κ2) is 8.08. The minimum Gasteiger partial charge on any atom is -0.349 e. The zero-order valence-corrected chi connectivity index (χ0v) is 15.6. The Balaban J connectivity index is 1.71. The SMILES string of the molecule is CC(C)NC(=O)Nc1ccccc1C(=O)NC1C2CCCC1CC(N)C2. The van der Waals surface area contributed by atoms with Crippen LogP contribution in [0.5, 0.6) is 0 Å². The van der Waals surface area contributed by atoms with Crippen LogP contribution in [0.2, 0.25) is 0 Å². The molecular weight excluding hydrogens is 328 g/mol. The molecule has 2 atom stereocenters. The fourth-order valence-corrected chi connectivity index (χ4v) is 4.46. The first-order chi connectivity index (χ1) is 12.4. The summed E-state index contributed by atoms with van der Waals surface area (Å²) in [6, 6.07) is 7.31. The zero-order chi connectivity index (χ0) is 18.7. The lowest BCUT2D eigenvalue weighted by Gasteiger charge is -2.45. The van der Waals surface area contributed by atoms with Crippen LogP contribution in [0.25, 0.3) is 0 Å². The van der Waals surface area contributed by atoms with Crippen LogP contribution < -0.4 is 21.7 Å². The van der Waals surface area contributed by atoms with Gasteiger partial charge in [-0.15, -0.1) is 0 Å². The molecule has 0 radical (unpaired) electrons. The average molecular weight is 358 g/mol. The molecule has 0 aliphatic heterocycles. The Bertz CT molecular complexity index is 647. The van der Waals surface area contributed by atoms with Crippen molar-refractivity contribution in [2.24, 2.45) is 17.6 Å². The molecule has 2 unspecified atom stereocenters. The number of rotatable bonds is 4. The lowest BCUT2D eigenvalue weighted by molar-refractivity contribution is 0.0757. The van der Waals surface area contributed by atoms with Gasteiger partial charge >= 0.3 is 6.03 Å². The number of nitrogens with two attached hydrogens (primary N) is 1. The molecule has 6 nitrogen and oxygen atoms in total. The minimum absolute atomic E-state index is 0.0295. The van der Waals surface area contributed by atoms with Gasteiger partial charge in [0.15, 0.2) is 0 Å². The smallest absolute Gasteiger partial charge is 0.319 e. The largest absolute Gasteiger partial charge is 0.349 e. The van der Waals surface area contributed by atoms with Crippen LogP contribution in [0, 0.1) is 11.8 Å². The van der Waals surface area contributed by atoms with Crippen LogP contribution in [-0.2, 0) is 0 Å². The normalized spacial score (nSPS) is 27.7. The number of hydrogen-bond donors (Lipinski definition) is 4. The molecule has 26 heavy (non-hydrogen) atoms. The van der Waals surface area contributed by atoms with Gasteiger partial charge < -0.3 is 21.7 Å². The van der Waals surface area contributed by atoms with Gasteiger partial charge in [-0.25, -0.2) is 4.79 Å². The third-order valence-electron chi connectivity index (χ3n) is 5.51. The molecule has 2 bridgehead atoms. The van der Waals surface area contributed by atoms with Crippen LogP contribution >= 0.6 is 0 Å². The summed E-state index contributed by atoms with van der Waals surface area (Å²) in [6.45, 7) is 3.79. The Kier molecular flexibility index (Phi) is 5.81. The molecule has 2 fully saturated rings. The second-order valence-electron chi connectivity index (χ2n) is 7.98. The molecule has 5 N–H and O–H groups in total. The molecule has 0 spiro atoms. The lowest BCUT2D eigenvalue weighted by atomic mass is 9.67. The van der Waals surface area contributed by atoms with Gasteiger partial charge in [-0.05, 0) is 63.5 Å². The second-order valence-corrected chi connectivity index (χ2v) is 7.98. The summed E-state index contributed by atoms with van der Waals surface area (Å²) in [7, 11) is 0. The summed E-state index contributed by atoms with van der Waals surface area (Å²) in [5.74, 6) is 0.805. The minimum atomic E-state index is -0.305. The number of amides is 3. The van der Waals surface area contributed by atoms with Gasteiger partial charge in [0.2, 0.25) is 0 Å². The maximum atomic E-state index is 12.9. The number of para-hydroxylation sites is 1. The number of carbonyl (C=O) groups excluding carboxylic acids is 2. The number of fused-ring (bicyclic) bond motifs is 2. The number of urea groups is 1. The van der Waals surface area contributed by atoms with Crippen molar-refractivity contribution in [2.45, 2.75) is 64.1 Å². The molecule has 0 aromatic heterocycles. The van der Waals surface area contributed by atoms with Crippen molar-refractivity contribution in [3.8, 4) is 0 Å². The molecule has 3 amide bonds. The molecular formula is C20H30N4O2. The Morgan fingerprint density at radius 2 is 1.77 bits per heavy atom. The van der Waals surface area contributed by atoms with Gasteiger partial charge in [0.05, 0.1) is 11.3 Å². The Labute approximate surface area is 155 Å². The fraction of sp³-hybridized carbons (Fsp3) is 0.600. The first-order valence-corrected chi connectivity index (χ1v) is 9.67. The summed E-state index contributed by atoms with van der Waals surface area (Å²) in [5.41, 5.74) is 7.21.